The number of nitriles is 1. The second-order valence-electron chi connectivity index (χ2n) is 9.62. The number of hydrogen-bond acceptors (Lipinski definition) is 17. The lowest BCUT2D eigenvalue weighted by molar-refractivity contribution is -0.350. The predicted molar refractivity (Wildman–Crippen MR) is 113 cm³/mol. The number of fused-ring (bicyclic) bond motifs is 1. The fourth-order valence-electron chi connectivity index (χ4n) is 4.70. The van der Waals surface area contributed by atoms with Crippen LogP contribution in [0.1, 0.15) is 6.92 Å². The van der Waals surface area contributed by atoms with Crippen LogP contribution in [0.2, 0.25) is 0 Å². The van der Waals surface area contributed by atoms with Crippen molar-refractivity contribution in [3.8, 4) is 6.07 Å². The minimum atomic E-state index is -1.82. The van der Waals surface area contributed by atoms with Crippen molar-refractivity contribution in [3.63, 3.8) is 0 Å². The first kappa shape index (κ1) is 29.8. The van der Waals surface area contributed by atoms with Crippen LogP contribution >= 0.6 is 0 Å². The average Bonchev–Trinajstić information content (AvgIpc) is 3.25. The monoisotopic (exact) mass is 555 g/mol. The van der Waals surface area contributed by atoms with Gasteiger partial charge in [-0.2, -0.15) is 5.26 Å². The van der Waals surface area contributed by atoms with Gasteiger partial charge in [0.15, 0.2) is 18.9 Å². The van der Waals surface area contributed by atoms with Gasteiger partial charge >= 0.3 is 0 Å². The Morgan fingerprint density at radius 2 is 1.26 bits per heavy atom. The normalized spacial score (nSPS) is 53.3. The van der Waals surface area contributed by atoms with Crippen molar-refractivity contribution in [2.45, 2.75) is 105 Å². The summed E-state index contributed by atoms with van der Waals surface area (Å²) < 4.78 is 38.6. The van der Waals surface area contributed by atoms with Crippen LogP contribution in [-0.2, 0) is 33.2 Å². The number of ether oxygens (including phenoxy) is 7. The maximum Gasteiger partial charge on any atom is 0.259 e. The minimum Gasteiger partial charge on any atom is -0.394 e. The standard InChI is InChI=1S/C21H33NO16/c1-21(5-22)37-17-16(36-19-15(31)13(29)10(26)7(3-24)34-19)11(27)8(35-20(17)38-21)4-32-18-14(30)12(28)9(25)6(2-23)33-18/h6-20,23-31H,2-4H2,1H3/t6-,7-,8-,9-,10-,11-,12+,13+,14+,15+,16+,17+,18+,19-,20+,21?/m1/s1. The molecule has 9 N–H and O–H groups in total. The van der Waals surface area contributed by atoms with E-state index in [1.165, 1.54) is 6.92 Å². The zero-order valence-corrected chi connectivity index (χ0v) is 20.1. The molecule has 4 heterocycles. The first-order valence-corrected chi connectivity index (χ1v) is 11.9. The van der Waals surface area contributed by atoms with E-state index in [1.807, 2.05) is 0 Å². The van der Waals surface area contributed by atoms with E-state index in [0.717, 1.165) is 0 Å². The third kappa shape index (κ3) is 5.55. The van der Waals surface area contributed by atoms with E-state index < -0.39 is 118 Å². The predicted octanol–water partition coefficient (Wildman–Crippen LogP) is -6.27. The summed E-state index contributed by atoms with van der Waals surface area (Å²) in [5, 5.41) is 99.9. The first-order chi connectivity index (χ1) is 17.9. The second kappa shape index (κ2) is 11.8. The van der Waals surface area contributed by atoms with Gasteiger partial charge in [0, 0.05) is 6.92 Å². The Bertz CT molecular complexity index is 843. The summed E-state index contributed by atoms with van der Waals surface area (Å²) in [5.74, 6) is -1.82. The number of aliphatic hydroxyl groups is 9. The molecule has 17 nitrogen and oxygen atoms in total. The fraction of sp³-hybridized carbons (Fsp3) is 0.952. The van der Waals surface area contributed by atoms with E-state index in [9.17, 15) is 51.2 Å². The molecule has 0 bridgehead atoms. The van der Waals surface area contributed by atoms with Gasteiger partial charge in [0.1, 0.15) is 79.3 Å². The molecule has 0 radical (unpaired) electrons. The summed E-state index contributed by atoms with van der Waals surface area (Å²) in [6.07, 6.45) is -23.0. The Morgan fingerprint density at radius 3 is 1.82 bits per heavy atom. The molecule has 218 valence electrons. The third-order valence-corrected chi connectivity index (χ3v) is 6.94. The van der Waals surface area contributed by atoms with Gasteiger partial charge in [-0.3, -0.25) is 0 Å². The lowest BCUT2D eigenvalue weighted by Crippen LogP contribution is -2.64. The summed E-state index contributed by atoms with van der Waals surface area (Å²) in [5.41, 5.74) is 0. The van der Waals surface area contributed by atoms with E-state index in [2.05, 4.69) is 0 Å². The molecule has 4 aliphatic rings. The molecular formula is C21H33NO16. The minimum absolute atomic E-state index is 0.533. The number of nitrogens with zero attached hydrogens (tertiary/aromatic N) is 1. The third-order valence-electron chi connectivity index (χ3n) is 6.94. The zero-order valence-electron chi connectivity index (χ0n) is 20.1. The number of aliphatic hydroxyl groups excluding tert-OH is 9. The van der Waals surface area contributed by atoms with Gasteiger partial charge in [0.25, 0.3) is 5.79 Å². The van der Waals surface area contributed by atoms with Crippen LogP contribution in [0.5, 0.6) is 0 Å². The Balaban J connectivity index is 1.50. The maximum absolute atomic E-state index is 11.1. The van der Waals surface area contributed by atoms with Crippen LogP contribution in [0.25, 0.3) is 0 Å². The Hall–Kier alpha value is -1.15. The molecule has 0 spiro atoms. The van der Waals surface area contributed by atoms with E-state index in [0.29, 0.717) is 0 Å². The molecule has 0 saturated carbocycles. The van der Waals surface area contributed by atoms with Crippen molar-refractivity contribution in [3.05, 3.63) is 0 Å². The van der Waals surface area contributed by atoms with Gasteiger partial charge in [-0.05, 0) is 0 Å². The number of hydrogen-bond donors (Lipinski definition) is 9. The van der Waals surface area contributed by atoms with Gasteiger partial charge in [-0.1, -0.05) is 0 Å². The molecule has 38 heavy (non-hydrogen) atoms. The smallest absolute Gasteiger partial charge is 0.259 e. The van der Waals surface area contributed by atoms with Crippen molar-refractivity contribution in [2.75, 3.05) is 19.8 Å². The van der Waals surface area contributed by atoms with Crippen LogP contribution < -0.4 is 0 Å². The van der Waals surface area contributed by atoms with Gasteiger partial charge in [0.2, 0.25) is 0 Å². The molecular weight excluding hydrogens is 522 g/mol. The highest BCUT2D eigenvalue weighted by Gasteiger charge is 2.58. The Morgan fingerprint density at radius 1 is 0.711 bits per heavy atom. The zero-order chi connectivity index (χ0) is 27.9. The Kier molecular flexibility index (Phi) is 9.23. The van der Waals surface area contributed by atoms with Crippen LogP contribution in [0.3, 0.4) is 0 Å². The SMILES string of the molecule is CC1(C#N)O[C@@H]2O[C@H](CO[C@H]3O[C@H](CO)[C@@H](O)[C@H](O)[C@@H]3O)[C@@H](O)[C@H](O[C@H]3O[C@H](CO)[C@@H](O)[C@H](O)[C@@H]3O)[C@@H]2O1. The van der Waals surface area contributed by atoms with Gasteiger partial charge in [0.05, 0.1) is 19.8 Å². The first-order valence-electron chi connectivity index (χ1n) is 11.9. The highest BCUT2D eigenvalue weighted by atomic mass is 16.8. The van der Waals surface area contributed by atoms with E-state index in [4.69, 9.17) is 33.2 Å². The summed E-state index contributed by atoms with van der Waals surface area (Å²) in [7, 11) is 0. The Labute approximate surface area is 215 Å². The molecule has 1 unspecified atom stereocenters. The topological polar surface area (TPSA) is 270 Å². The maximum atomic E-state index is 11.1. The highest BCUT2D eigenvalue weighted by molar-refractivity contribution is 5.03. The largest absolute Gasteiger partial charge is 0.394 e. The molecule has 4 saturated heterocycles. The highest BCUT2D eigenvalue weighted by Crippen LogP contribution is 2.39. The van der Waals surface area contributed by atoms with Crippen LogP contribution in [0.4, 0.5) is 0 Å². The second-order valence-corrected chi connectivity index (χ2v) is 9.62. The summed E-state index contributed by atoms with van der Waals surface area (Å²) >= 11 is 0. The van der Waals surface area contributed by atoms with Crippen molar-refractivity contribution >= 4 is 0 Å². The van der Waals surface area contributed by atoms with Gasteiger partial charge in [-0.15, -0.1) is 0 Å². The van der Waals surface area contributed by atoms with Crippen molar-refractivity contribution in [1.82, 2.24) is 0 Å². The lowest BCUT2D eigenvalue weighted by Gasteiger charge is -2.45. The molecule has 0 aromatic heterocycles. The van der Waals surface area contributed by atoms with Crippen LogP contribution in [-0.4, -0.2) is 164 Å². The van der Waals surface area contributed by atoms with Crippen LogP contribution in [0.15, 0.2) is 0 Å². The van der Waals surface area contributed by atoms with E-state index >= 15 is 0 Å². The average molecular weight is 555 g/mol. The van der Waals surface area contributed by atoms with Crippen molar-refractivity contribution in [1.29, 1.82) is 5.26 Å². The van der Waals surface area contributed by atoms with E-state index in [1.54, 1.807) is 6.07 Å². The van der Waals surface area contributed by atoms with Gasteiger partial charge in [-0.25, -0.2) is 0 Å². The van der Waals surface area contributed by atoms with Gasteiger partial charge < -0.3 is 79.1 Å². The molecule has 0 aliphatic carbocycles. The molecule has 0 aromatic carbocycles. The summed E-state index contributed by atoms with van der Waals surface area (Å²) in [6.45, 7) is -0.668. The van der Waals surface area contributed by atoms with Crippen molar-refractivity contribution < 1.29 is 79.1 Å². The van der Waals surface area contributed by atoms with Crippen molar-refractivity contribution in [2.24, 2.45) is 0 Å². The van der Waals surface area contributed by atoms with E-state index in [-0.39, 0.29) is 0 Å². The summed E-state index contributed by atoms with van der Waals surface area (Å²) in [4.78, 5) is 0. The molecule has 4 aliphatic heterocycles. The number of rotatable bonds is 7. The molecule has 0 aromatic rings. The molecule has 0 amide bonds. The van der Waals surface area contributed by atoms with Crippen LogP contribution in [0, 0.1) is 11.3 Å². The summed E-state index contributed by atoms with van der Waals surface area (Å²) in [6, 6.07) is 1.79. The quantitative estimate of drug-likeness (QED) is 0.141. The molecule has 4 fully saturated rings. The molecule has 16 atom stereocenters. The molecule has 17 heteroatoms. The molecule has 4 rings (SSSR count). The fourth-order valence-corrected chi connectivity index (χ4v) is 4.70. The lowest BCUT2D eigenvalue weighted by atomic mass is 9.97.